The minimum absolute atomic E-state index is 0.0496. The summed E-state index contributed by atoms with van der Waals surface area (Å²) in [6.45, 7) is 0. The number of nitrogens with two attached hydrogens (primary N) is 1. The van der Waals surface area contributed by atoms with Gasteiger partial charge < -0.3 is 24.7 Å². The molecule has 36 heavy (non-hydrogen) atoms. The molecule has 1 atom stereocenters. The van der Waals surface area contributed by atoms with Gasteiger partial charge in [-0.1, -0.05) is 24.3 Å². The van der Waals surface area contributed by atoms with Gasteiger partial charge in [-0.3, -0.25) is 9.36 Å². The standard InChI is InChI=1S/C26H24N2O7S/c1-32-16-9-5-7-14(11-16)12-18-23(29)28-22(27)20(25(30)34-3)19(15-8-6-10-17(13-15)33-2)21(24(28)36-18)26(31)35-4/h5-13,19H,27H2,1-4H3. The van der Waals surface area contributed by atoms with Crippen molar-refractivity contribution in [2.75, 3.05) is 28.4 Å². The fourth-order valence-corrected chi connectivity index (χ4v) is 5.27. The van der Waals surface area contributed by atoms with E-state index in [-0.39, 0.29) is 21.6 Å². The smallest absolute Gasteiger partial charge is 0.338 e. The minimum atomic E-state index is -0.956. The molecule has 10 heteroatoms. The number of hydrogen-bond acceptors (Lipinski definition) is 9. The van der Waals surface area contributed by atoms with Crippen LogP contribution in [0, 0.1) is 0 Å². The van der Waals surface area contributed by atoms with Crippen molar-refractivity contribution in [2.24, 2.45) is 5.73 Å². The van der Waals surface area contributed by atoms with E-state index in [0.717, 1.165) is 15.9 Å². The zero-order chi connectivity index (χ0) is 26.0. The molecule has 1 unspecified atom stereocenters. The molecule has 0 bridgehead atoms. The van der Waals surface area contributed by atoms with Crippen LogP contribution in [0.3, 0.4) is 0 Å². The lowest BCUT2D eigenvalue weighted by molar-refractivity contribution is -0.136. The first-order valence-electron chi connectivity index (χ1n) is 10.8. The lowest BCUT2D eigenvalue weighted by atomic mass is 9.83. The van der Waals surface area contributed by atoms with Crippen molar-refractivity contribution in [1.82, 2.24) is 4.57 Å². The largest absolute Gasteiger partial charge is 0.497 e. The Morgan fingerprint density at radius 3 is 2.17 bits per heavy atom. The lowest BCUT2D eigenvalue weighted by Crippen LogP contribution is -2.41. The Labute approximate surface area is 210 Å². The number of hydrogen-bond donors (Lipinski definition) is 1. The topological polar surface area (TPSA) is 119 Å². The summed E-state index contributed by atoms with van der Waals surface area (Å²) in [5.41, 5.74) is 7.26. The number of nitrogens with zero attached hydrogens (tertiary/aromatic N) is 1. The van der Waals surface area contributed by atoms with Crippen molar-refractivity contribution in [3.8, 4) is 11.5 Å². The molecule has 0 radical (unpaired) electrons. The van der Waals surface area contributed by atoms with Crippen LogP contribution in [-0.4, -0.2) is 44.9 Å². The lowest BCUT2D eigenvalue weighted by Gasteiger charge is -2.26. The molecule has 0 spiro atoms. The highest BCUT2D eigenvalue weighted by atomic mass is 32.1. The Morgan fingerprint density at radius 1 is 0.917 bits per heavy atom. The highest BCUT2D eigenvalue weighted by Crippen LogP contribution is 2.38. The number of fused-ring (bicyclic) bond motifs is 1. The normalized spacial score (nSPS) is 15.4. The molecule has 0 fully saturated rings. The zero-order valence-electron chi connectivity index (χ0n) is 20.1. The molecule has 1 aliphatic rings. The second-order valence-corrected chi connectivity index (χ2v) is 8.77. The average Bonchev–Trinajstić information content (AvgIpc) is 3.23. The van der Waals surface area contributed by atoms with E-state index in [2.05, 4.69) is 0 Å². The summed E-state index contributed by atoms with van der Waals surface area (Å²) in [5.74, 6) is -1.42. The van der Waals surface area contributed by atoms with Gasteiger partial charge in [0, 0.05) is 0 Å². The number of methoxy groups -OCH3 is 4. The Kier molecular flexibility index (Phi) is 6.98. The second-order valence-electron chi connectivity index (χ2n) is 7.74. The van der Waals surface area contributed by atoms with Crippen LogP contribution < -0.4 is 30.0 Å². The van der Waals surface area contributed by atoms with E-state index >= 15 is 0 Å². The zero-order valence-corrected chi connectivity index (χ0v) is 20.9. The molecule has 2 N–H and O–H groups in total. The highest BCUT2D eigenvalue weighted by Gasteiger charge is 2.39. The molecule has 0 saturated heterocycles. The van der Waals surface area contributed by atoms with Gasteiger partial charge >= 0.3 is 11.9 Å². The first kappa shape index (κ1) is 24.8. The molecular weight excluding hydrogens is 484 g/mol. The third-order valence-electron chi connectivity index (χ3n) is 5.78. The van der Waals surface area contributed by atoms with Crippen LogP contribution in [-0.2, 0) is 19.1 Å². The van der Waals surface area contributed by atoms with Crippen molar-refractivity contribution < 1.29 is 28.5 Å². The molecule has 1 aromatic heterocycles. The molecule has 2 aromatic carbocycles. The quantitative estimate of drug-likeness (QED) is 0.493. The van der Waals surface area contributed by atoms with E-state index in [4.69, 9.17) is 24.7 Å². The number of esters is 2. The van der Waals surface area contributed by atoms with Crippen molar-refractivity contribution in [1.29, 1.82) is 0 Å². The van der Waals surface area contributed by atoms with Gasteiger partial charge in [-0.15, -0.1) is 11.3 Å². The third kappa shape index (κ3) is 4.27. The molecule has 0 aliphatic carbocycles. The molecule has 3 aromatic rings. The van der Waals surface area contributed by atoms with Gasteiger partial charge in [0.2, 0.25) is 0 Å². The summed E-state index contributed by atoms with van der Waals surface area (Å²) in [4.78, 5) is 39.6. The predicted molar refractivity (Wildman–Crippen MR) is 135 cm³/mol. The van der Waals surface area contributed by atoms with Crippen LogP contribution >= 0.6 is 11.3 Å². The average molecular weight is 509 g/mol. The van der Waals surface area contributed by atoms with Crippen LogP contribution in [0.15, 0.2) is 58.9 Å². The molecular formula is C26H24N2O7S. The Morgan fingerprint density at radius 2 is 1.53 bits per heavy atom. The minimum Gasteiger partial charge on any atom is -0.497 e. The fraction of sp³-hybridized carbons (Fsp3) is 0.192. The van der Waals surface area contributed by atoms with Crippen LogP contribution in [0.2, 0.25) is 0 Å². The van der Waals surface area contributed by atoms with Crippen LogP contribution in [0.1, 0.15) is 17.0 Å². The third-order valence-corrected chi connectivity index (χ3v) is 6.89. The summed E-state index contributed by atoms with van der Waals surface area (Å²) in [6, 6.07) is 14.1. The van der Waals surface area contributed by atoms with Crippen molar-refractivity contribution in [3.63, 3.8) is 0 Å². The van der Waals surface area contributed by atoms with Crippen molar-refractivity contribution in [3.05, 3.63) is 84.8 Å². The Balaban J connectivity index is 2.11. The van der Waals surface area contributed by atoms with Gasteiger partial charge in [-0.05, 0) is 41.5 Å². The SMILES string of the molecule is COC(=O)C1=C(N)n2c(sc(=Cc3cccc(OC)c3)c2=O)=C(C(=O)OC)C1c1cccc(OC)c1. The number of carbonyl (C=O) groups excluding carboxylic acids is 2. The number of rotatable bonds is 6. The van der Waals surface area contributed by atoms with Gasteiger partial charge in [0.25, 0.3) is 5.56 Å². The maximum Gasteiger partial charge on any atom is 0.338 e. The van der Waals surface area contributed by atoms with Crippen molar-refractivity contribution >= 4 is 40.7 Å². The maximum absolute atomic E-state index is 13.5. The van der Waals surface area contributed by atoms with Crippen LogP contribution in [0.5, 0.6) is 11.5 Å². The summed E-state index contributed by atoms with van der Waals surface area (Å²) in [7, 11) is 5.50. The Hall–Kier alpha value is -4.31. The van der Waals surface area contributed by atoms with E-state index < -0.39 is 23.4 Å². The van der Waals surface area contributed by atoms with Gasteiger partial charge in [0.15, 0.2) is 0 Å². The molecule has 186 valence electrons. The molecule has 2 heterocycles. The van der Waals surface area contributed by atoms with E-state index in [0.29, 0.717) is 27.2 Å². The van der Waals surface area contributed by atoms with E-state index in [1.54, 1.807) is 55.7 Å². The molecule has 0 amide bonds. The summed E-state index contributed by atoms with van der Waals surface area (Å²) in [6.07, 6.45) is 1.67. The van der Waals surface area contributed by atoms with Gasteiger partial charge in [-0.2, -0.15) is 0 Å². The first-order chi connectivity index (χ1) is 17.3. The molecule has 0 saturated carbocycles. The number of ether oxygens (including phenoxy) is 4. The van der Waals surface area contributed by atoms with Gasteiger partial charge in [-0.25, -0.2) is 9.59 Å². The summed E-state index contributed by atoms with van der Waals surface area (Å²) in [5, 5.41) is 0. The van der Waals surface area contributed by atoms with Gasteiger partial charge in [0.05, 0.1) is 50.0 Å². The number of benzene rings is 2. The highest BCUT2D eigenvalue weighted by molar-refractivity contribution is 7.07. The molecule has 9 nitrogen and oxygen atoms in total. The number of thiazole rings is 1. The first-order valence-corrected chi connectivity index (χ1v) is 11.6. The second kappa shape index (κ2) is 10.1. The number of carbonyl (C=O) groups is 2. The Bertz CT molecular complexity index is 1570. The van der Waals surface area contributed by atoms with E-state index in [1.165, 1.54) is 21.3 Å². The van der Waals surface area contributed by atoms with E-state index in [1.807, 2.05) is 6.07 Å². The molecule has 4 rings (SSSR count). The molecule has 1 aliphatic heterocycles. The number of aromatic nitrogens is 1. The van der Waals surface area contributed by atoms with Gasteiger partial charge in [0.1, 0.15) is 22.0 Å². The van der Waals surface area contributed by atoms with E-state index in [9.17, 15) is 14.4 Å². The van der Waals surface area contributed by atoms with Crippen molar-refractivity contribution in [2.45, 2.75) is 5.92 Å². The summed E-state index contributed by atoms with van der Waals surface area (Å²) >= 11 is 1.07. The van der Waals surface area contributed by atoms with Crippen LogP contribution in [0.25, 0.3) is 17.5 Å². The predicted octanol–water partition coefficient (Wildman–Crippen LogP) is 1.18. The maximum atomic E-state index is 13.5. The van der Waals surface area contributed by atoms with Crippen LogP contribution in [0.4, 0.5) is 0 Å². The monoisotopic (exact) mass is 508 g/mol. The fourth-order valence-electron chi connectivity index (χ4n) is 4.10. The summed E-state index contributed by atoms with van der Waals surface area (Å²) < 4.78 is 22.4.